The summed E-state index contributed by atoms with van der Waals surface area (Å²) < 4.78 is 16.1. The SMILES string of the molecule is COC(=O)c1cccc(OC[C@@H]2CC[C@H]3CN(c4noc5ccccc45)CCN3C2)n1. The van der Waals surface area contributed by atoms with Gasteiger partial charge >= 0.3 is 5.97 Å². The van der Waals surface area contributed by atoms with Crippen molar-refractivity contribution in [2.75, 3.05) is 44.8 Å². The standard InChI is InChI=1S/C23H26N4O4/c1-29-23(28)19-6-4-8-21(24-19)30-15-16-9-10-17-14-27(12-11-26(17)13-16)22-18-5-2-3-7-20(18)31-25-22/h2-8,16-17H,9-15H2,1H3/t16-,17+/m1/s1. The molecular formula is C23H26N4O4. The summed E-state index contributed by atoms with van der Waals surface area (Å²) in [6, 6.07) is 13.7. The minimum absolute atomic E-state index is 0.264. The number of carbonyl (C=O) groups excluding carboxylic acids is 1. The van der Waals surface area contributed by atoms with E-state index in [0.29, 0.717) is 24.4 Å². The molecule has 8 nitrogen and oxygen atoms in total. The zero-order valence-corrected chi connectivity index (χ0v) is 17.6. The molecule has 0 amide bonds. The van der Waals surface area contributed by atoms with Crippen LogP contribution in [0, 0.1) is 5.92 Å². The summed E-state index contributed by atoms with van der Waals surface area (Å²) in [6.45, 7) is 4.50. The number of hydrogen-bond donors (Lipinski definition) is 0. The molecule has 8 heteroatoms. The lowest BCUT2D eigenvalue weighted by molar-refractivity contribution is 0.0589. The van der Waals surface area contributed by atoms with Crippen LogP contribution in [-0.4, -0.2) is 66.9 Å². The van der Waals surface area contributed by atoms with Crippen molar-refractivity contribution < 1.29 is 18.8 Å². The summed E-state index contributed by atoms with van der Waals surface area (Å²) in [5.74, 6) is 1.41. The van der Waals surface area contributed by atoms with Gasteiger partial charge in [-0.25, -0.2) is 9.78 Å². The normalized spacial score (nSPS) is 21.6. The van der Waals surface area contributed by atoms with E-state index in [2.05, 4.69) is 26.0 Å². The summed E-state index contributed by atoms with van der Waals surface area (Å²) in [7, 11) is 1.35. The average Bonchev–Trinajstić information content (AvgIpc) is 3.26. The van der Waals surface area contributed by atoms with Crippen LogP contribution >= 0.6 is 0 Å². The molecule has 0 spiro atoms. The maximum Gasteiger partial charge on any atom is 0.356 e. The van der Waals surface area contributed by atoms with Crippen LogP contribution in [0.3, 0.4) is 0 Å². The molecule has 0 saturated carbocycles. The maximum atomic E-state index is 11.7. The van der Waals surface area contributed by atoms with Gasteiger partial charge in [0.2, 0.25) is 5.88 Å². The number of aromatic nitrogens is 2. The first-order valence-electron chi connectivity index (χ1n) is 10.7. The molecule has 1 aromatic carbocycles. The van der Waals surface area contributed by atoms with E-state index in [-0.39, 0.29) is 5.69 Å². The van der Waals surface area contributed by atoms with Crippen LogP contribution in [0.1, 0.15) is 23.3 Å². The summed E-state index contributed by atoms with van der Waals surface area (Å²) >= 11 is 0. The Kier molecular flexibility index (Phi) is 5.46. The zero-order valence-electron chi connectivity index (χ0n) is 17.6. The molecule has 3 aromatic rings. The van der Waals surface area contributed by atoms with E-state index in [1.807, 2.05) is 18.2 Å². The van der Waals surface area contributed by atoms with E-state index in [0.717, 1.165) is 55.8 Å². The van der Waals surface area contributed by atoms with E-state index in [9.17, 15) is 4.79 Å². The Labute approximate surface area is 180 Å². The highest BCUT2D eigenvalue weighted by Gasteiger charge is 2.34. The largest absolute Gasteiger partial charge is 0.477 e. The van der Waals surface area contributed by atoms with Crippen LogP contribution in [0.4, 0.5) is 5.82 Å². The van der Waals surface area contributed by atoms with Crippen molar-refractivity contribution in [3.8, 4) is 5.88 Å². The predicted molar refractivity (Wildman–Crippen MR) is 115 cm³/mol. The van der Waals surface area contributed by atoms with Crippen molar-refractivity contribution in [3.05, 3.63) is 48.2 Å². The van der Waals surface area contributed by atoms with Gasteiger partial charge in [-0.15, -0.1) is 0 Å². The lowest BCUT2D eigenvalue weighted by Crippen LogP contribution is -2.57. The van der Waals surface area contributed by atoms with Gasteiger partial charge in [0.05, 0.1) is 19.1 Å². The third kappa shape index (κ3) is 4.07. The summed E-state index contributed by atoms with van der Waals surface area (Å²) in [5, 5.41) is 5.42. The first kappa shape index (κ1) is 19.8. The molecule has 0 radical (unpaired) electrons. The number of fused-ring (bicyclic) bond motifs is 2. The van der Waals surface area contributed by atoms with Gasteiger partial charge in [0.15, 0.2) is 17.1 Å². The fourth-order valence-corrected chi connectivity index (χ4v) is 4.60. The number of esters is 1. The molecule has 162 valence electrons. The summed E-state index contributed by atoms with van der Waals surface area (Å²) in [4.78, 5) is 20.8. The second kappa shape index (κ2) is 8.55. The number of pyridine rings is 1. The minimum Gasteiger partial charge on any atom is -0.477 e. The lowest BCUT2D eigenvalue weighted by atomic mass is 9.91. The molecule has 4 heterocycles. The Hall–Kier alpha value is -3.13. The lowest BCUT2D eigenvalue weighted by Gasteiger charge is -2.46. The van der Waals surface area contributed by atoms with Gasteiger partial charge in [-0.05, 0) is 31.0 Å². The summed E-state index contributed by atoms with van der Waals surface area (Å²) in [6.07, 6.45) is 2.22. The van der Waals surface area contributed by atoms with Crippen LogP contribution in [0.5, 0.6) is 5.88 Å². The van der Waals surface area contributed by atoms with Crippen molar-refractivity contribution in [3.63, 3.8) is 0 Å². The summed E-state index contributed by atoms with van der Waals surface area (Å²) in [5.41, 5.74) is 1.10. The minimum atomic E-state index is -0.455. The number of piperidine rings is 1. The van der Waals surface area contributed by atoms with Gasteiger partial charge in [-0.3, -0.25) is 4.90 Å². The predicted octanol–water partition coefficient (Wildman–Crippen LogP) is 2.99. The number of piperazine rings is 1. The number of para-hydroxylation sites is 1. The molecular weight excluding hydrogens is 396 g/mol. The molecule has 2 aliphatic heterocycles. The molecule has 2 saturated heterocycles. The number of benzene rings is 1. The number of carbonyl (C=O) groups is 1. The van der Waals surface area contributed by atoms with Crippen molar-refractivity contribution >= 4 is 22.8 Å². The average molecular weight is 422 g/mol. The van der Waals surface area contributed by atoms with Crippen molar-refractivity contribution in [1.82, 2.24) is 15.0 Å². The Morgan fingerprint density at radius 1 is 1.13 bits per heavy atom. The molecule has 2 aromatic heterocycles. The first-order chi connectivity index (χ1) is 15.2. The zero-order chi connectivity index (χ0) is 21.2. The molecule has 0 unspecified atom stereocenters. The van der Waals surface area contributed by atoms with Crippen LogP contribution in [0.25, 0.3) is 11.0 Å². The Morgan fingerprint density at radius 2 is 2.03 bits per heavy atom. The van der Waals surface area contributed by atoms with Crippen LogP contribution in [-0.2, 0) is 4.74 Å². The highest BCUT2D eigenvalue weighted by Crippen LogP contribution is 2.31. The first-order valence-corrected chi connectivity index (χ1v) is 10.7. The van der Waals surface area contributed by atoms with E-state index in [1.54, 1.807) is 18.2 Å². The van der Waals surface area contributed by atoms with E-state index in [4.69, 9.17) is 14.0 Å². The third-order valence-electron chi connectivity index (χ3n) is 6.25. The number of hydrogen-bond acceptors (Lipinski definition) is 8. The number of ether oxygens (including phenoxy) is 2. The second-order valence-corrected chi connectivity index (χ2v) is 8.20. The quantitative estimate of drug-likeness (QED) is 0.581. The fourth-order valence-electron chi connectivity index (χ4n) is 4.60. The van der Waals surface area contributed by atoms with E-state index >= 15 is 0 Å². The Balaban J connectivity index is 1.17. The Morgan fingerprint density at radius 3 is 2.94 bits per heavy atom. The van der Waals surface area contributed by atoms with Crippen molar-refractivity contribution in [2.45, 2.75) is 18.9 Å². The van der Waals surface area contributed by atoms with Gasteiger partial charge < -0.3 is 18.9 Å². The molecule has 2 aliphatic rings. The van der Waals surface area contributed by atoms with Crippen LogP contribution in [0.15, 0.2) is 47.0 Å². The smallest absolute Gasteiger partial charge is 0.356 e. The van der Waals surface area contributed by atoms with Gasteiger partial charge in [0.25, 0.3) is 0 Å². The highest BCUT2D eigenvalue weighted by atomic mass is 16.5. The molecule has 0 bridgehead atoms. The second-order valence-electron chi connectivity index (χ2n) is 8.20. The van der Waals surface area contributed by atoms with Crippen LogP contribution < -0.4 is 9.64 Å². The van der Waals surface area contributed by atoms with Gasteiger partial charge in [-0.1, -0.05) is 23.4 Å². The van der Waals surface area contributed by atoms with Gasteiger partial charge in [0, 0.05) is 44.2 Å². The third-order valence-corrected chi connectivity index (χ3v) is 6.25. The number of methoxy groups -OCH3 is 1. The molecule has 2 fully saturated rings. The van der Waals surface area contributed by atoms with Crippen LogP contribution in [0.2, 0.25) is 0 Å². The molecule has 5 rings (SSSR count). The Bertz CT molecular complexity index is 1070. The van der Waals surface area contributed by atoms with Gasteiger partial charge in [-0.2, -0.15) is 0 Å². The highest BCUT2D eigenvalue weighted by molar-refractivity contribution is 5.88. The van der Waals surface area contributed by atoms with Gasteiger partial charge in [0.1, 0.15) is 0 Å². The maximum absolute atomic E-state index is 11.7. The van der Waals surface area contributed by atoms with Crippen molar-refractivity contribution in [1.29, 1.82) is 0 Å². The topological polar surface area (TPSA) is 80.9 Å². The molecule has 0 N–H and O–H groups in total. The molecule has 2 atom stereocenters. The number of nitrogens with zero attached hydrogens (tertiary/aromatic N) is 4. The number of rotatable bonds is 5. The van der Waals surface area contributed by atoms with Crippen molar-refractivity contribution in [2.24, 2.45) is 5.92 Å². The van der Waals surface area contributed by atoms with E-state index in [1.165, 1.54) is 7.11 Å². The van der Waals surface area contributed by atoms with E-state index < -0.39 is 5.97 Å². The molecule has 0 aliphatic carbocycles. The monoisotopic (exact) mass is 422 g/mol. The fraction of sp³-hybridized carbons (Fsp3) is 0.435. The molecule has 31 heavy (non-hydrogen) atoms. The number of anilines is 1.